The third kappa shape index (κ3) is 4.48. The predicted octanol–water partition coefficient (Wildman–Crippen LogP) is 12.3. The largest absolute Gasteiger partial charge is 0.472 e. The molecule has 9 rings (SSSR count). The molecule has 7 aromatic rings. The molecular weight excluding hydrogens is 595 g/mol. The van der Waals surface area contributed by atoms with Gasteiger partial charge in [-0.05, 0) is 77.0 Å². The second-order valence-corrected chi connectivity index (χ2v) is 13.8. The molecule has 2 nitrogen and oxygen atoms in total. The number of aryl methyl sites for hydroxylation is 1. The number of hydrogen-bond acceptors (Lipinski definition) is 2. The summed E-state index contributed by atoms with van der Waals surface area (Å²) in [6.45, 7) is 6.92. The van der Waals surface area contributed by atoms with Gasteiger partial charge >= 0.3 is 0 Å². The molecule has 1 heterocycles. The molecule has 1 aliphatic carbocycles. The lowest BCUT2D eigenvalue weighted by Gasteiger charge is -2.38. The van der Waals surface area contributed by atoms with Gasteiger partial charge in [-0.25, -0.2) is 0 Å². The molecule has 0 saturated heterocycles. The Morgan fingerprint density at radius 2 is 1.10 bits per heavy atom. The van der Waals surface area contributed by atoms with Crippen LogP contribution in [0.1, 0.15) is 47.2 Å². The molecule has 236 valence electrons. The Morgan fingerprint density at radius 1 is 0.551 bits per heavy atom. The van der Waals surface area contributed by atoms with Crippen molar-refractivity contribution in [3.05, 3.63) is 197 Å². The first-order chi connectivity index (χ1) is 24.0. The second-order valence-electron chi connectivity index (χ2n) is 13.8. The van der Waals surface area contributed by atoms with Crippen molar-refractivity contribution in [2.45, 2.75) is 31.8 Å². The van der Waals surface area contributed by atoms with Crippen molar-refractivity contribution >= 4 is 33.9 Å². The molecule has 0 saturated carbocycles. The zero-order valence-electron chi connectivity index (χ0n) is 28.0. The standard InChI is InChI=1S/C47H37NO/c1-32-23-28-40-42(31-32)46(2,3)44-41-29-30-47(33-15-7-4-8-16-33,49-45(41)39-22-14-13-21-38(39)43(40)44)34-24-26-37(27-25-34)48(35-17-9-5-10-18-35)36-19-11-6-12-20-36/h4-31H,1-3H3. The minimum Gasteiger partial charge on any atom is -0.472 e. The lowest BCUT2D eigenvalue weighted by Crippen LogP contribution is -2.35. The quantitative estimate of drug-likeness (QED) is 0.187. The molecule has 0 fully saturated rings. The zero-order chi connectivity index (χ0) is 33.2. The fraction of sp³-hybridized carbons (Fsp3) is 0.106. The molecule has 1 unspecified atom stereocenters. The first-order valence-electron chi connectivity index (χ1n) is 17.1. The van der Waals surface area contributed by atoms with E-state index in [9.17, 15) is 0 Å². The van der Waals surface area contributed by atoms with Gasteiger partial charge in [0.05, 0.1) is 0 Å². The van der Waals surface area contributed by atoms with Crippen LogP contribution in [-0.4, -0.2) is 0 Å². The highest BCUT2D eigenvalue weighted by Crippen LogP contribution is 2.58. The number of anilines is 3. The molecule has 1 atom stereocenters. The van der Waals surface area contributed by atoms with Crippen LogP contribution in [0, 0.1) is 6.92 Å². The minimum absolute atomic E-state index is 0.175. The van der Waals surface area contributed by atoms with E-state index in [0.717, 1.165) is 39.3 Å². The van der Waals surface area contributed by atoms with Crippen LogP contribution in [0.3, 0.4) is 0 Å². The van der Waals surface area contributed by atoms with Crippen molar-refractivity contribution in [2.75, 3.05) is 4.90 Å². The summed E-state index contributed by atoms with van der Waals surface area (Å²) in [6.07, 6.45) is 4.62. The fourth-order valence-corrected chi connectivity index (χ4v) is 8.17. The number of fused-ring (bicyclic) bond motifs is 8. The molecular formula is C47H37NO. The van der Waals surface area contributed by atoms with Crippen molar-refractivity contribution in [1.82, 2.24) is 0 Å². The zero-order valence-corrected chi connectivity index (χ0v) is 28.0. The molecule has 2 heteroatoms. The third-order valence-corrected chi connectivity index (χ3v) is 10.5. The van der Waals surface area contributed by atoms with Crippen LogP contribution >= 0.6 is 0 Å². The van der Waals surface area contributed by atoms with Gasteiger partial charge in [-0.2, -0.15) is 0 Å². The summed E-state index contributed by atoms with van der Waals surface area (Å²) in [5.74, 6) is 0.942. The molecule has 2 aliphatic rings. The number of ether oxygens (including phenoxy) is 1. The molecule has 7 aromatic carbocycles. The Labute approximate surface area is 288 Å². The first kappa shape index (κ1) is 29.3. The number of hydrogen-bond donors (Lipinski definition) is 0. The average molecular weight is 632 g/mol. The number of para-hydroxylation sites is 2. The van der Waals surface area contributed by atoms with Crippen molar-refractivity contribution in [1.29, 1.82) is 0 Å². The van der Waals surface area contributed by atoms with Crippen LogP contribution in [-0.2, 0) is 11.0 Å². The van der Waals surface area contributed by atoms with Crippen molar-refractivity contribution in [2.24, 2.45) is 0 Å². The van der Waals surface area contributed by atoms with E-state index in [0.29, 0.717) is 0 Å². The highest BCUT2D eigenvalue weighted by molar-refractivity contribution is 6.08. The Morgan fingerprint density at radius 3 is 1.76 bits per heavy atom. The SMILES string of the molecule is Cc1ccc2c(c1)C(C)(C)c1c3c(c4ccccc4c1-2)OC(c1ccccc1)(c1ccc(N(c2ccccc2)c2ccccc2)cc1)C=C3. The minimum atomic E-state index is -0.819. The molecule has 0 bridgehead atoms. The average Bonchev–Trinajstić information content (AvgIpc) is 3.39. The van der Waals surface area contributed by atoms with Gasteiger partial charge in [0.2, 0.25) is 0 Å². The van der Waals surface area contributed by atoms with Crippen molar-refractivity contribution in [3.63, 3.8) is 0 Å². The molecule has 0 radical (unpaired) electrons. The van der Waals surface area contributed by atoms with Gasteiger partial charge in [-0.15, -0.1) is 0 Å². The van der Waals surface area contributed by atoms with E-state index in [1.165, 1.54) is 38.8 Å². The summed E-state index contributed by atoms with van der Waals surface area (Å²) in [6, 6.07) is 56.3. The summed E-state index contributed by atoms with van der Waals surface area (Å²) >= 11 is 0. The maximum atomic E-state index is 7.52. The summed E-state index contributed by atoms with van der Waals surface area (Å²) in [4.78, 5) is 2.30. The van der Waals surface area contributed by atoms with Crippen LogP contribution < -0.4 is 9.64 Å². The fourth-order valence-electron chi connectivity index (χ4n) is 8.17. The molecule has 0 N–H and O–H groups in total. The van der Waals surface area contributed by atoms with Gasteiger partial charge in [-0.3, -0.25) is 0 Å². The van der Waals surface area contributed by atoms with E-state index < -0.39 is 5.60 Å². The number of benzene rings is 7. The van der Waals surface area contributed by atoms with Crippen LogP contribution in [0.25, 0.3) is 28.0 Å². The number of nitrogens with zero attached hydrogens (tertiary/aromatic N) is 1. The van der Waals surface area contributed by atoms with E-state index in [1.807, 2.05) is 0 Å². The topological polar surface area (TPSA) is 12.5 Å². The summed E-state index contributed by atoms with van der Waals surface area (Å²) in [5, 5.41) is 2.38. The normalized spacial score (nSPS) is 16.8. The highest BCUT2D eigenvalue weighted by Gasteiger charge is 2.44. The van der Waals surface area contributed by atoms with Gasteiger partial charge in [0, 0.05) is 44.6 Å². The monoisotopic (exact) mass is 631 g/mol. The smallest absolute Gasteiger partial charge is 0.178 e. The Hall–Kier alpha value is -5.86. The third-order valence-electron chi connectivity index (χ3n) is 10.5. The van der Waals surface area contributed by atoms with Crippen molar-refractivity contribution < 1.29 is 4.74 Å². The summed E-state index contributed by atoms with van der Waals surface area (Å²) < 4.78 is 7.52. The highest BCUT2D eigenvalue weighted by atomic mass is 16.5. The van der Waals surface area contributed by atoms with E-state index in [-0.39, 0.29) is 5.41 Å². The van der Waals surface area contributed by atoms with Crippen LogP contribution in [0.4, 0.5) is 17.1 Å². The Bertz CT molecular complexity index is 2330. The van der Waals surface area contributed by atoms with Gasteiger partial charge in [0.1, 0.15) is 5.75 Å². The Balaban J connectivity index is 1.23. The van der Waals surface area contributed by atoms with Gasteiger partial charge < -0.3 is 9.64 Å². The van der Waals surface area contributed by atoms with Crippen LogP contribution in [0.15, 0.2) is 164 Å². The lowest BCUT2D eigenvalue weighted by molar-refractivity contribution is 0.163. The van der Waals surface area contributed by atoms with E-state index in [1.54, 1.807) is 0 Å². The molecule has 0 aromatic heterocycles. The van der Waals surface area contributed by atoms with Gasteiger partial charge in [0.25, 0.3) is 0 Å². The van der Waals surface area contributed by atoms with E-state index in [4.69, 9.17) is 4.74 Å². The predicted molar refractivity (Wildman–Crippen MR) is 204 cm³/mol. The van der Waals surface area contributed by atoms with Crippen LogP contribution in [0.5, 0.6) is 5.75 Å². The van der Waals surface area contributed by atoms with Gasteiger partial charge in [-0.1, -0.05) is 147 Å². The molecule has 49 heavy (non-hydrogen) atoms. The van der Waals surface area contributed by atoms with Gasteiger partial charge in [0.15, 0.2) is 5.60 Å². The van der Waals surface area contributed by atoms with E-state index >= 15 is 0 Å². The molecule has 1 aliphatic heterocycles. The maximum Gasteiger partial charge on any atom is 0.178 e. The second kappa shape index (κ2) is 11.1. The lowest BCUT2D eigenvalue weighted by atomic mass is 9.76. The summed E-state index contributed by atoms with van der Waals surface area (Å²) in [5.41, 5.74) is 12.3. The van der Waals surface area contributed by atoms with Crippen LogP contribution in [0.2, 0.25) is 0 Å². The molecule has 0 spiro atoms. The van der Waals surface area contributed by atoms with E-state index in [2.05, 4.69) is 196 Å². The molecule has 0 amide bonds. The Kier molecular flexibility index (Phi) is 6.64. The maximum absolute atomic E-state index is 7.52. The first-order valence-corrected chi connectivity index (χ1v) is 17.1. The van der Waals surface area contributed by atoms with Crippen molar-refractivity contribution in [3.8, 4) is 16.9 Å². The number of rotatable bonds is 5. The summed E-state index contributed by atoms with van der Waals surface area (Å²) in [7, 11) is 0.